The molecule has 16 heavy (non-hydrogen) atoms. The van der Waals surface area contributed by atoms with E-state index in [2.05, 4.69) is 10.2 Å². The second-order valence-corrected chi connectivity index (χ2v) is 5.75. The van der Waals surface area contributed by atoms with Crippen LogP contribution in [0.4, 0.5) is 0 Å². The summed E-state index contributed by atoms with van der Waals surface area (Å²) in [4.78, 5) is 12.1. The number of hydrogen-bond donors (Lipinski definition) is 1. The Kier molecular flexibility index (Phi) is 2.77. The Bertz CT molecular complexity index is 503. The van der Waals surface area contributed by atoms with Crippen LogP contribution in [0.1, 0.15) is 18.9 Å². The molecule has 0 aliphatic heterocycles. The smallest absolute Gasteiger partial charge is 0.316 e. The molecule has 0 radical (unpaired) electrons. The van der Waals surface area contributed by atoms with Crippen molar-refractivity contribution in [3.63, 3.8) is 0 Å². The summed E-state index contributed by atoms with van der Waals surface area (Å²) in [5.74, 6) is -0.888. The molecule has 0 unspecified atom stereocenters. The predicted octanol–water partition coefficient (Wildman–Crippen LogP) is 2.63. The summed E-state index contributed by atoms with van der Waals surface area (Å²) in [5, 5.41) is 20.3. The maximum atomic E-state index is 11.1. The molecule has 84 valence electrons. The Balaban J connectivity index is 2.37. The van der Waals surface area contributed by atoms with E-state index in [1.165, 1.54) is 11.3 Å². The third kappa shape index (κ3) is 1.85. The number of nitrogens with zero attached hydrogens (tertiary/aromatic N) is 2. The molecule has 0 aromatic carbocycles. The number of carboxylic acids is 1. The predicted molar refractivity (Wildman–Crippen MR) is 63.9 cm³/mol. The zero-order valence-corrected chi connectivity index (χ0v) is 10.4. The number of thiophene rings is 1. The van der Waals surface area contributed by atoms with Crippen LogP contribution in [0.15, 0.2) is 17.5 Å². The zero-order valence-electron chi connectivity index (χ0n) is 8.80. The van der Waals surface area contributed by atoms with Crippen molar-refractivity contribution in [1.29, 1.82) is 0 Å². The Morgan fingerprint density at radius 1 is 1.44 bits per heavy atom. The monoisotopic (exact) mass is 254 g/mol. The van der Waals surface area contributed by atoms with Gasteiger partial charge in [-0.1, -0.05) is 17.4 Å². The van der Waals surface area contributed by atoms with Crippen LogP contribution in [0.5, 0.6) is 0 Å². The number of hydrogen-bond acceptors (Lipinski definition) is 5. The summed E-state index contributed by atoms with van der Waals surface area (Å²) in [6.45, 7) is 3.27. The van der Waals surface area contributed by atoms with Crippen LogP contribution in [0.2, 0.25) is 0 Å². The summed E-state index contributed by atoms with van der Waals surface area (Å²) in [6, 6.07) is 3.88. The zero-order chi connectivity index (χ0) is 11.8. The van der Waals surface area contributed by atoms with Gasteiger partial charge in [-0.25, -0.2) is 0 Å². The van der Waals surface area contributed by atoms with Crippen molar-refractivity contribution in [3.8, 4) is 9.88 Å². The molecular formula is C10H10N2O2S2. The second-order valence-electron chi connectivity index (χ2n) is 3.82. The van der Waals surface area contributed by atoms with Crippen molar-refractivity contribution in [3.05, 3.63) is 22.5 Å². The van der Waals surface area contributed by atoms with Crippen LogP contribution in [0.3, 0.4) is 0 Å². The van der Waals surface area contributed by atoms with E-state index >= 15 is 0 Å². The number of carboxylic acid groups (broad SMARTS) is 1. The first-order valence-corrected chi connectivity index (χ1v) is 6.32. The largest absolute Gasteiger partial charge is 0.481 e. The fraction of sp³-hybridized carbons (Fsp3) is 0.300. The van der Waals surface area contributed by atoms with Gasteiger partial charge in [-0.15, -0.1) is 21.5 Å². The lowest BCUT2D eigenvalue weighted by atomic mass is 9.95. The van der Waals surface area contributed by atoms with Crippen molar-refractivity contribution < 1.29 is 9.90 Å². The first kappa shape index (κ1) is 11.2. The van der Waals surface area contributed by atoms with Crippen molar-refractivity contribution in [1.82, 2.24) is 10.2 Å². The van der Waals surface area contributed by atoms with Crippen LogP contribution in [-0.4, -0.2) is 21.3 Å². The summed E-state index contributed by atoms with van der Waals surface area (Å²) in [7, 11) is 0. The number of aromatic nitrogens is 2. The van der Waals surface area contributed by atoms with E-state index in [-0.39, 0.29) is 0 Å². The van der Waals surface area contributed by atoms with Crippen LogP contribution in [-0.2, 0) is 10.2 Å². The molecule has 0 saturated carbocycles. The molecule has 0 spiro atoms. The molecule has 2 aromatic rings. The highest BCUT2D eigenvalue weighted by atomic mass is 32.1. The minimum Gasteiger partial charge on any atom is -0.481 e. The van der Waals surface area contributed by atoms with E-state index in [0.29, 0.717) is 5.01 Å². The fourth-order valence-electron chi connectivity index (χ4n) is 1.07. The summed E-state index contributed by atoms with van der Waals surface area (Å²) < 4.78 is 0. The molecule has 2 rings (SSSR count). The van der Waals surface area contributed by atoms with Gasteiger partial charge in [0, 0.05) is 0 Å². The molecule has 0 atom stereocenters. The van der Waals surface area contributed by atoms with E-state index in [1.54, 1.807) is 25.2 Å². The van der Waals surface area contributed by atoms with Gasteiger partial charge in [0.15, 0.2) is 5.01 Å². The molecule has 0 aliphatic carbocycles. The van der Waals surface area contributed by atoms with E-state index in [1.807, 2.05) is 17.5 Å². The van der Waals surface area contributed by atoms with Crippen molar-refractivity contribution >= 4 is 28.6 Å². The molecule has 6 heteroatoms. The minimum atomic E-state index is -0.979. The third-order valence-electron chi connectivity index (χ3n) is 2.23. The van der Waals surface area contributed by atoms with Gasteiger partial charge in [0.2, 0.25) is 0 Å². The molecule has 2 aromatic heterocycles. The molecule has 2 heterocycles. The Hall–Kier alpha value is -1.27. The molecule has 0 amide bonds. The van der Waals surface area contributed by atoms with Crippen molar-refractivity contribution in [2.45, 2.75) is 19.3 Å². The van der Waals surface area contributed by atoms with Crippen molar-refractivity contribution in [2.24, 2.45) is 0 Å². The maximum absolute atomic E-state index is 11.1. The van der Waals surface area contributed by atoms with Crippen LogP contribution in [0, 0.1) is 0 Å². The molecule has 0 fully saturated rings. The highest BCUT2D eigenvalue weighted by molar-refractivity contribution is 7.20. The Morgan fingerprint density at radius 2 is 2.19 bits per heavy atom. The van der Waals surface area contributed by atoms with Gasteiger partial charge >= 0.3 is 5.97 Å². The summed E-state index contributed by atoms with van der Waals surface area (Å²) in [6.07, 6.45) is 0. The van der Waals surface area contributed by atoms with E-state index in [4.69, 9.17) is 5.11 Å². The lowest BCUT2D eigenvalue weighted by Crippen LogP contribution is -2.28. The molecule has 4 nitrogen and oxygen atoms in total. The van der Waals surface area contributed by atoms with Crippen LogP contribution < -0.4 is 0 Å². The Morgan fingerprint density at radius 3 is 2.75 bits per heavy atom. The first-order chi connectivity index (χ1) is 7.51. The number of aliphatic carboxylic acids is 1. The van der Waals surface area contributed by atoms with Gasteiger partial charge in [-0.05, 0) is 25.3 Å². The van der Waals surface area contributed by atoms with Gasteiger partial charge in [0.05, 0.1) is 4.88 Å². The first-order valence-electron chi connectivity index (χ1n) is 4.63. The standard InChI is InChI=1S/C10H10N2O2S2/c1-10(2,9(13)14)8-12-11-7(16-8)6-4-3-5-15-6/h3-5H,1-2H3,(H,13,14). The average Bonchev–Trinajstić information content (AvgIpc) is 2.88. The highest BCUT2D eigenvalue weighted by Crippen LogP contribution is 2.33. The van der Waals surface area contributed by atoms with Gasteiger partial charge in [-0.3, -0.25) is 4.79 Å². The second kappa shape index (κ2) is 3.95. The van der Waals surface area contributed by atoms with E-state index in [9.17, 15) is 4.79 Å². The van der Waals surface area contributed by atoms with Crippen LogP contribution >= 0.6 is 22.7 Å². The summed E-state index contributed by atoms with van der Waals surface area (Å²) >= 11 is 2.90. The number of rotatable bonds is 3. The SMILES string of the molecule is CC(C)(C(=O)O)c1nnc(-c2cccs2)s1. The van der Waals surface area contributed by atoms with Gasteiger partial charge in [-0.2, -0.15) is 0 Å². The van der Waals surface area contributed by atoms with E-state index < -0.39 is 11.4 Å². The molecule has 0 bridgehead atoms. The highest BCUT2D eigenvalue weighted by Gasteiger charge is 2.33. The van der Waals surface area contributed by atoms with Crippen LogP contribution in [0.25, 0.3) is 9.88 Å². The lowest BCUT2D eigenvalue weighted by Gasteiger charge is -2.13. The Labute approximate surface area is 101 Å². The lowest BCUT2D eigenvalue weighted by molar-refractivity contribution is -0.142. The average molecular weight is 254 g/mol. The van der Waals surface area contributed by atoms with Gasteiger partial charge < -0.3 is 5.11 Å². The maximum Gasteiger partial charge on any atom is 0.316 e. The molecular weight excluding hydrogens is 244 g/mol. The molecule has 0 saturated heterocycles. The topological polar surface area (TPSA) is 63.1 Å². The quantitative estimate of drug-likeness (QED) is 0.914. The minimum absolute atomic E-state index is 0.531. The molecule has 0 aliphatic rings. The third-order valence-corrected chi connectivity index (χ3v) is 4.51. The summed E-state index contributed by atoms with van der Waals surface area (Å²) in [5.41, 5.74) is -0.979. The van der Waals surface area contributed by atoms with Gasteiger partial charge in [0.1, 0.15) is 10.4 Å². The molecule has 1 N–H and O–H groups in total. The van der Waals surface area contributed by atoms with E-state index in [0.717, 1.165) is 9.88 Å². The number of carbonyl (C=O) groups is 1. The fourth-order valence-corrected chi connectivity index (χ4v) is 2.80. The normalized spacial score (nSPS) is 11.6. The van der Waals surface area contributed by atoms with Gasteiger partial charge in [0.25, 0.3) is 0 Å². The van der Waals surface area contributed by atoms with Crippen molar-refractivity contribution in [2.75, 3.05) is 0 Å².